The van der Waals surface area contributed by atoms with Gasteiger partial charge in [-0.1, -0.05) is 270 Å². The fraction of sp³-hybridized carbons (Fsp3) is 0.912. The van der Waals surface area contributed by atoms with Gasteiger partial charge in [0.25, 0.3) is 11.6 Å². The second-order valence-corrected chi connectivity index (χ2v) is 34.2. The molecule has 36 nitrogen and oxygen atoms in total. The summed E-state index contributed by atoms with van der Waals surface area (Å²) in [5.74, 6) is -11.6. The van der Waals surface area contributed by atoms with Gasteiger partial charge in [0.1, 0.15) is 104 Å². The normalized spacial score (nSPS) is 31.4. The van der Waals surface area contributed by atoms with Crippen molar-refractivity contribution < 1.29 is 169 Å². The van der Waals surface area contributed by atoms with Crippen LogP contribution < -0.4 is 10.6 Å². The molecular weight excluding hydrogens is 1790 g/mol. The van der Waals surface area contributed by atoms with E-state index in [0.717, 1.165) is 18.9 Å². The molecule has 6 aliphatic rings. The summed E-state index contributed by atoms with van der Waals surface area (Å²) in [5, 5.41) is 210. The van der Waals surface area contributed by atoms with Crippen LogP contribution in [0.1, 0.15) is 254 Å². The van der Waals surface area contributed by atoms with Crippen LogP contribution in [0, 0.1) is 67.1 Å². The van der Waals surface area contributed by atoms with Gasteiger partial charge in [-0.2, -0.15) is 0 Å². The smallest absolute Gasteiger partial charge is 0.364 e. The van der Waals surface area contributed by atoms with Crippen LogP contribution in [0.3, 0.4) is 0 Å². The van der Waals surface area contributed by atoms with Crippen LogP contribution in [0.15, 0.2) is 0 Å². The zero-order chi connectivity index (χ0) is 95.9. The fourth-order valence-corrected chi connectivity index (χ4v) is 12.2. The highest BCUT2D eigenvalue weighted by molar-refractivity contribution is 8.76. The maximum absolute atomic E-state index is 12.8. The Kier molecular flexibility index (Phi) is 122. The Morgan fingerprint density at radius 1 is 0.405 bits per heavy atom. The van der Waals surface area contributed by atoms with Crippen molar-refractivity contribution in [3.63, 3.8) is 0 Å². The Labute approximate surface area is 811 Å². The summed E-state index contributed by atoms with van der Waals surface area (Å²) in [4.78, 5) is 48.7. The monoisotopic (exact) mass is 2000 g/mol. The molecule has 32 atom stereocenters. The number of carboxylic acids is 2. The highest BCUT2D eigenvalue weighted by Gasteiger charge is 2.61. The van der Waals surface area contributed by atoms with Crippen LogP contribution in [0.2, 0.25) is 0 Å². The van der Waals surface area contributed by atoms with E-state index < -0.39 is 271 Å². The number of aliphatic hydroxyl groups is 18. The van der Waals surface area contributed by atoms with Crippen LogP contribution in [0.4, 0.5) is 0 Å². The van der Waals surface area contributed by atoms with Gasteiger partial charge in [-0.25, -0.2) is 9.59 Å². The first-order valence-corrected chi connectivity index (χ1v) is 46.3. The number of ether oxygens (including phenoxy) is 10. The van der Waals surface area contributed by atoms with Crippen LogP contribution in [0.25, 0.3) is 0 Å². The minimum atomic E-state index is -2.91. The largest absolute Gasteiger partial charge is 0.477 e. The Morgan fingerprint density at radius 2 is 0.710 bits per heavy atom. The third-order valence-corrected chi connectivity index (χ3v) is 20.5. The van der Waals surface area contributed by atoms with Gasteiger partial charge < -0.3 is 160 Å². The number of nitrogens with one attached hydrogen (secondary N) is 2. The maximum atomic E-state index is 12.8. The highest BCUT2D eigenvalue weighted by Crippen LogP contribution is 2.43. The molecule has 6 aliphatic heterocycles. The first kappa shape index (κ1) is 171. The molecule has 0 aromatic carbocycles. The summed E-state index contributed by atoms with van der Waals surface area (Å²) < 4.78 is 58.1. The van der Waals surface area contributed by atoms with Crippen LogP contribution in [-0.2, 0) is 66.5 Å². The van der Waals surface area contributed by atoms with E-state index in [1.807, 2.05) is 69.2 Å². The number of aliphatic hydroxyl groups excluding tert-OH is 18. The van der Waals surface area contributed by atoms with Crippen molar-refractivity contribution in [2.75, 3.05) is 71.8 Å². The van der Waals surface area contributed by atoms with Gasteiger partial charge in [-0.15, -0.1) is 25.7 Å². The van der Waals surface area contributed by atoms with E-state index in [0.29, 0.717) is 0 Å². The number of terminal acetylenes is 2. The molecule has 6 heterocycles. The first-order valence-electron chi connectivity index (χ1n) is 40.4. The van der Waals surface area contributed by atoms with Gasteiger partial charge in [0.05, 0.1) is 88.4 Å². The lowest BCUT2D eigenvalue weighted by atomic mass is 9.82. The Hall–Kier alpha value is -2.72. The first-order chi connectivity index (χ1) is 56.3. The van der Waals surface area contributed by atoms with Gasteiger partial charge in [-0.05, 0) is 48.7 Å². The van der Waals surface area contributed by atoms with Gasteiger partial charge in [-0.3, -0.25) is 9.59 Å². The Bertz CT molecular complexity index is 2570. The molecule has 22 N–H and O–H groups in total. The van der Waals surface area contributed by atoms with E-state index in [1.54, 1.807) is 63.9 Å². The van der Waals surface area contributed by atoms with E-state index in [-0.39, 0.29) is 93.5 Å². The van der Waals surface area contributed by atoms with E-state index >= 15 is 0 Å². The minimum Gasteiger partial charge on any atom is -0.477 e. The molecule has 6 fully saturated rings. The van der Waals surface area contributed by atoms with Gasteiger partial charge in [0.15, 0.2) is 12.6 Å². The summed E-state index contributed by atoms with van der Waals surface area (Å²) in [6, 6.07) is -2.10. The highest BCUT2D eigenvalue weighted by atomic mass is 33.1. The number of hydrogen-bond donors (Lipinski definition) is 22. The molecule has 0 aliphatic carbocycles. The second kappa shape index (κ2) is 93.6. The predicted octanol–water partition coefficient (Wildman–Crippen LogP) is 8.58. The van der Waals surface area contributed by atoms with Crippen LogP contribution >= 0.6 is 43.2 Å². The van der Waals surface area contributed by atoms with Crippen molar-refractivity contribution in [1.82, 2.24) is 10.6 Å². The van der Waals surface area contributed by atoms with Gasteiger partial charge in [0.2, 0.25) is 11.8 Å². The average molecular weight is 2000 g/mol. The number of carbonyl (C=O) groups excluding carboxylic acids is 2. The molecule has 11 unspecified atom stereocenters. The standard InChI is InChI=1S/C36H62O23.C19H34N2O10.2C4H10.2C2H6S2.4C2H6.2C2H2.CH4O.11CH4/c1-12(2)27-15(5)28(25(47)21(54-27)11-53-35(33(49)50)6-16(40)13(3)29(57-35)22(44)18(42)8-37)56-32-26(48)31(24(46)20(10-39)55-32)59-36(34(51)52)7-17(41)14(4)30(58-36)23(45)19(43)9-38;1-7(2)17-12(20-8(3)24)16(28)18(11(6-23)29-17)31-19-13(21-9(4)25)15(27)14(26)10(5-22)30-19;2*1-4(2)3;2*1-3-4-2;7*1-2;;;;;;;;;;;/h12-32,37-48H,6-11H2,1-5H3,(H,49,50)(H,51,52);7,10-19,22-23,26-28H,5-6H2,1-4H3,(H,20,24)(H,21,25);2*4H,1-3H3;2*1-2H3;4*1-2H3;2*1-2H;2H,1H3;11*1H4/t13-,14-,15-,16-,17-,18-,19-,20?,21?,22-,23-,24+,25?,26?,27?,28-,29?,30?,31+,32+,35-,36+;10?,11?,12?,13?,14-,15-,16-,17+,18-,19+;;;;;;;;;;;;;;;;;;;;;;/m11....................../s1. The lowest BCUT2D eigenvalue weighted by Gasteiger charge is -2.51. The fourth-order valence-electron chi connectivity index (χ4n) is 12.2. The lowest BCUT2D eigenvalue weighted by molar-refractivity contribution is -0.383. The third kappa shape index (κ3) is 56.4. The van der Waals surface area contributed by atoms with Crippen molar-refractivity contribution in [3.05, 3.63) is 0 Å². The van der Waals surface area contributed by atoms with Gasteiger partial charge in [0, 0.05) is 51.6 Å². The van der Waals surface area contributed by atoms with Crippen molar-refractivity contribution in [3.8, 4) is 25.7 Å². The van der Waals surface area contributed by atoms with Gasteiger partial charge >= 0.3 is 11.9 Å². The Morgan fingerprint density at radius 3 is 1.03 bits per heavy atom. The molecule has 0 aromatic rings. The maximum Gasteiger partial charge on any atom is 0.364 e. The number of carbonyl (C=O) groups is 4. The summed E-state index contributed by atoms with van der Waals surface area (Å²) in [6.45, 7) is 38.4. The zero-order valence-corrected chi connectivity index (χ0v) is 79.2. The number of hydrogen-bond acceptors (Lipinski definition) is 36. The second-order valence-electron chi connectivity index (χ2n) is 28.9. The lowest BCUT2D eigenvalue weighted by Crippen LogP contribution is -2.69. The topological polar surface area (TPSA) is 589 Å². The quantitative estimate of drug-likeness (QED) is 0.0284. The Balaban J connectivity index is -0.0000000939. The molecule has 6 rings (SSSR count). The summed E-state index contributed by atoms with van der Waals surface area (Å²) in [7, 11) is 8.09. The molecule has 0 spiro atoms. The average Bonchev–Trinajstić information content (AvgIpc) is 0.755. The van der Waals surface area contributed by atoms with E-state index in [1.165, 1.54) is 27.7 Å². The minimum absolute atomic E-state index is 0. The number of amides is 2. The van der Waals surface area contributed by atoms with Crippen molar-refractivity contribution >= 4 is 66.9 Å². The molecule has 0 bridgehead atoms. The van der Waals surface area contributed by atoms with E-state index in [4.69, 9.17) is 52.5 Å². The van der Waals surface area contributed by atoms with Crippen molar-refractivity contribution in [2.45, 2.75) is 430 Å². The molecule has 40 heteroatoms. The number of rotatable bonds is 26. The molecule has 6 saturated heterocycles. The SMILES string of the molecule is C.C.C.C.C.C.C.C.C.C.C.C#C.C#C.CC.CC.CC.CC.CC(=O)NC1[C@H](O[C@@H]2C(CO)O[C@@H](C(C)C)C(NC(C)=O)[C@H]2O)OC(CO)[C@@H](O)[C@@H]1O.CC(C)C.CC(C)C.CC(C)C1OC(CO[C@]2(C(=O)O)C[C@@H](O)[C@@H](C)C([C@H](O)[C@H](O)CO)O2)C(O)[C@H](O[C@@H]2OC(CO)[C@H](O)[C@H](O[C@]3(C(=O)O)C[C@@H](O)[C@@H](C)C([C@H](O)[C@H](O)CO)O3)C2O)[C@@H]1C.CO.CSSC.CSSC. The van der Waals surface area contributed by atoms with Crippen LogP contribution in [-0.4, -0.2) is 374 Å². The molecule has 0 saturated carbocycles. The summed E-state index contributed by atoms with van der Waals surface area (Å²) >= 11 is 0. The summed E-state index contributed by atoms with van der Waals surface area (Å²) in [5.41, 5.74) is 0. The molecule has 131 heavy (non-hydrogen) atoms. The van der Waals surface area contributed by atoms with E-state index in [9.17, 15) is 116 Å². The number of carboxylic acid groups (broad SMARTS) is 2. The molecule has 0 radical (unpaired) electrons. The van der Waals surface area contributed by atoms with Crippen molar-refractivity contribution in [2.24, 2.45) is 41.4 Å². The third-order valence-electron chi connectivity index (χ3n) is 17.8. The molecule has 806 valence electrons. The van der Waals surface area contributed by atoms with Crippen LogP contribution in [0.5, 0.6) is 0 Å². The summed E-state index contributed by atoms with van der Waals surface area (Å²) in [6.07, 6.45) is -15.7. The van der Waals surface area contributed by atoms with E-state index in [2.05, 4.69) is 103 Å². The predicted molar refractivity (Wildman–Crippen MR) is 537 cm³/mol. The zero-order valence-electron chi connectivity index (χ0n) is 75.9. The number of aliphatic carboxylic acids is 2. The molecule has 2 amide bonds. The van der Waals surface area contributed by atoms with Crippen molar-refractivity contribution in [1.29, 1.82) is 0 Å². The molecular formula is C91H204N2O34S4. The molecule has 0 aromatic heterocycles.